The summed E-state index contributed by atoms with van der Waals surface area (Å²) in [5.74, 6) is -0.258. The predicted molar refractivity (Wildman–Crippen MR) is 48.5 cm³/mol. The molecule has 0 N–H and O–H groups in total. The molecule has 0 aliphatic carbocycles. The highest BCUT2D eigenvalue weighted by Gasteiger charge is 2.04. The summed E-state index contributed by atoms with van der Waals surface area (Å²) in [6, 6.07) is 4.79. The molecule has 0 spiro atoms. The van der Waals surface area contributed by atoms with E-state index in [1.807, 2.05) is 0 Å². The average molecular weight is 231 g/mol. The van der Waals surface area contributed by atoms with Gasteiger partial charge in [0.25, 0.3) is 0 Å². The number of carbonyl (C=O) groups is 1. The quantitative estimate of drug-likeness (QED) is 0.731. The summed E-state index contributed by atoms with van der Waals surface area (Å²) in [6.07, 6.45) is 1.61. The summed E-state index contributed by atoms with van der Waals surface area (Å²) in [4.78, 5) is 10.1. The van der Waals surface area contributed by atoms with Gasteiger partial charge in [-0.3, -0.25) is 0 Å². The summed E-state index contributed by atoms with van der Waals surface area (Å²) in [5.41, 5.74) is 0.574. The first-order valence-corrected chi connectivity index (χ1v) is 4.41. The van der Waals surface area contributed by atoms with Crippen molar-refractivity contribution in [2.24, 2.45) is 0 Å². The van der Waals surface area contributed by atoms with Crippen molar-refractivity contribution < 1.29 is 9.18 Å². The first-order valence-electron chi connectivity index (χ1n) is 3.62. The van der Waals surface area contributed by atoms with Crippen LogP contribution in [0.15, 0.2) is 22.7 Å². The third-order valence-corrected chi connectivity index (χ3v) is 2.32. The van der Waals surface area contributed by atoms with Crippen LogP contribution < -0.4 is 0 Å². The van der Waals surface area contributed by atoms with Crippen LogP contribution >= 0.6 is 15.9 Å². The van der Waals surface area contributed by atoms with Gasteiger partial charge in [0.1, 0.15) is 12.1 Å². The van der Waals surface area contributed by atoms with Gasteiger partial charge in [-0.25, -0.2) is 4.39 Å². The largest absolute Gasteiger partial charge is 0.303 e. The molecule has 1 rings (SSSR count). The Morgan fingerprint density at radius 3 is 2.83 bits per heavy atom. The van der Waals surface area contributed by atoms with E-state index in [0.717, 1.165) is 10.8 Å². The maximum atomic E-state index is 13.0. The minimum absolute atomic E-state index is 0.258. The van der Waals surface area contributed by atoms with Gasteiger partial charge in [0.2, 0.25) is 0 Å². The molecule has 12 heavy (non-hydrogen) atoms. The Hall–Kier alpha value is -0.700. The number of benzene rings is 1. The van der Waals surface area contributed by atoms with E-state index in [1.165, 1.54) is 6.07 Å². The molecule has 0 heterocycles. The fourth-order valence-electron chi connectivity index (χ4n) is 0.974. The molecule has 0 saturated carbocycles. The second-order valence-corrected chi connectivity index (χ2v) is 3.26. The molecular weight excluding hydrogens is 223 g/mol. The van der Waals surface area contributed by atoms with Gasteiger partial charge in [-0.05, 0) is 18.6 Å². The topological polar surface area (TPSA) is 17.1 Å². The van der Waals surface area contributed by atoms with E-state index in [0.29, 0.717) is 18.4 Å². The molecule has 0 fully saturated rings. The van der Waals surface area contributed by atoms with Crippen LogP contribution in [-0.4, -0.2) is 6.29 Å². The molecule has 0 aliphatic heterocycles. The zero-order chi connectivity index (χ0) is 8.97. The molecule has 0 unspecified atom stereocenters. The Labute approximate surface area is 78.7 Å². The lowest BCUT2D eigenvalue weighted by Crippen LogP contribution is -1.92. The van der Waals surface area contributed by atoms with Gasteiger partial charge in [-0.15, -0.1) is 0 Å². The molecule has 0 bridgehead atoms. The highest BCUT2D eigenvalue weighted by molar-refractivity contribution is 9.10. The number of carbonyl (C=O) groups excluding carboxylic acids is 1. The lowest BCUT2D eigenvalue weighted by atomic mass is 10.1. The number of rotatable bonds is 3. The fourth-order valence-corrected chi connectivity index (χ4v) is 1.51. The van der Waals surface area contributed by atoms with Gasteiger partial charge in [0.15, 0.2) is 0 Å². The van der Waals surface area contributed by atoms with Crippen molar-refractivity contribution in [2.45, 2.75) is 12.8 Å². The van der Waals surface area contributed by atoms with Crippen LogP contribution in [-0.2, 0) is 11.2 Å². The van der Waals surface area contributed by atoms with Crippen molar-refractivity contribution in [3.05, 3.63) is 34.1 Å². The summed E-state index contributed by atoms with van der Waals surface area (Å²) in [6.45, 7) is 0. The fraction of sp³-hybridized carbons (Fsp3) is 0.222. The van der Waals surface area contributed by atoms with E-state index in [-0.39, 0.29) is 5.82 Å². The first kappa shape index (κ1) is 9.39. The maximum Gasteiger partial charge on any atom is 0.127 e. The van der Waals surface area contributed by atoms with Crippen LogP contribution in [0.1, 0.15) is 12.0 Å². The number of aldehydes is 1. The molecule has 64 valence electrons. The molecule has 3 heteroatoms. The summed E-state index contributed by atoms with van der Waals surface area (Å²) in [5, 5.41) is 0. The van der Waals surface area contributed by atoms with E-state index in [9.17, 15) is 9.18 Å². The smallest absolute Gasteiger partial charge is 0.127 e. The summed E-state index contributed by atoms with van der Waals surface area (Å²) in [7, 11) is 0. The minimum atomic E-state index is -0.258. The van der Waals surface area contributed by atoms with Crippen molar-refractivity contribution in [1.82, 2.24) is 0 Å². The van der Waals surface area contributed by atoms with E-state index >= 15 is 0 Å². The summed E-state index contributed by atoms with van der Waals surface area (Å²) < 4.78 is 13.8. The van der Waals surface area contributed by atoms with E-state index in [1.54, 1.807) is 12.1 Å². The number of hydrogen-bond donors (Lipinski definition) is 0. The van der Waals surface area contributed by atoms with Crippen molar-refractivity contribution in [3.63, 3.8) is 0 Å². The van der Waals surface area contributed by atoms with Crippen LogP contribution in [0.4, 0.5) is 4.39 Å². The molecule has 1 aromatic carbocycles. The molecule has 0 amide bonds. The highest BCUT2D eigenvalue weighted by Crippen LogP contribution is 2.20. The van der Waals surface area contributed by atoms with Gasteiger partial charge in [-0.2, -0.15) is 0 Å². The van der Waals surface area contributed by atoms with E-state index in [4.69, 9.17) is 0 Å². The van der Waals surface area contributed by atoms with Gasteiger partial charge in [0.05, 0.1) is 0 Å². The maximum absolute atomic E-state index is 13.0. The lowest BCUT2D eigenvalue weighted by Gasteiger charge is -2.02. The SMILES string of the molecule is O=CCCc1c(F)cccc1Br. The van der Waals surface area contributed by atoms with E-state index < -0.39 is 0 Å². The van der Waals surface area contributed by atoms with Crippen LogP contribution in [0.25, 0.3) is 0 Å². The van der Waals surface area contributed by atoms with Gasteiger partial charge in [-0.1, -0.05) is 22.0 Å². The molecule has 1 aromatic rings. The zero-order valence-electron chi connectivity index (χ0n) is 6.39. The highest BCUT2D eigenvalue weighted by atomic mass is 79.9. The number of halogens is 2. The Morgan fingerprint density at radius 1 is 1.50 bits per heavy atom. The number of hydrogen-bond acceptors (Lipinski definition) is 1. The van der Waals surface area contributed by atoms with Gasteiger partial charge >= 0.3 is 0 Å². The zero-order valence-corrected chi connectivity index (χ0v) is 7.97. The lowest BCUT2D eigenvalue weighted by molar-refractivity contribution is -0.107. The molecule has 0 aliphatic rings. The van der Waals surface area contributed by atoms with Crippen molar-refractivity contribution in [2.75, 3.05) is 0 Å². The molecule has 0 aromatic heterocycles. The monoisotopic (exact) mass is 230 g/mol. The molecule has 0 saturated heterocycles. The third kappa shape index (κ3) is 2.14. The predicted octanol–water partition coefficient (Wildman–Crippen LogP) is 2.72. The first-order chi connectivity index (χ1) is 5.75. The Morgan fingerprint density at radius 2 is 2.25 bits per heavy atom. The molecule has 1 nitrogen and oxygen atoms in total. The molecular formula is C9H8BrFO. The second-order valence-electron chi connectivity index (χ2n) is 2.41. The van der Waals surface area contributed by atoms with Gasteiger partial charge < -0.3 is 4.79 Å². The van der Waals surface area contributed by atoms with Crippen molar-refractivity contribution >= 4 is 22.2 Å². The third-order valence-electron chi connectivity index (χ3n) is 1.57. The van der Waals surface area contributed by atoms with Crippen LogP contribution in [0.3, 0.4) is 0 Å². The van der Waals surface area contributed by atoms with Crippen LogP contribution in [0, 0.1) is 5.82 Å². The van der Waals surface area contributed by atoms with Crippen LogP contribution in [0.5, 0.6) is 0 Å². The standard InChI is InChI=1S/C9H8BrFO/c10-8-4-1-5-9(11)7(8)3-2-6-12/h1,4-6H,2-3H2. The van der Waals surface area contributed by atoms with Crippen molar-refractivity contribution in [3.8, 4) is 0 Å². The normalized spacial score (nSPS) is 9.83. The minimum Gasteiger partial charge on any atom is -0.303 e. The van der Waals surface area contributed by atoms with E-state index in [2.05, 4.69) is 15.9 Å². The molecule has 0 radical (unpaired) electrons. The average Bonchev–Trinajstić information content (AvgIpc) is 2.04. The van der Waals surface area contributed by atoms with Gasteiger partial charge in [0, 0.05) is 16.5 Å². The Balaban J connectivity index is 2.88. The van der Waals surface area contributed by atoms with Crippen molar-refractivity contribution in [1.29, 1.82) is 0 Å². The second kappa shape index (κ2) is 4.36. The summed E-state index contributed by atoms with van der Waals surface area (Å²) >= 11 is 3.22. The van der Waals surface area contributed by atoms with Crippen LogP contribution in [0.2, 0.25) is 0 Å². The molecule has 0 atom stereocenters. The Kier molecular flexibility index (Phi) is 3.41. The Bertz CT molecular complexity index is 266.